The molecule has 2 atom stereocenters. The molecular weight excluding hydrogens is 332 g/mol. The number of hydrogen-bond donors (Lipinski definition) is 4. The van der Waals surface area contributed by atoms with E-state index in [4.69, 9.17) is 25.4 Å². The highest BCUT2D eigenvalue weighted by molar-refractivity contribution is 5.77. The van der Waals surface area contributed by atoms with Crippen molar-refractivity contribution in [3.8, 4) is 0 Å². The highest BCUT2D eigenvalue weighted by Crippen LogP contribution is 2.06. The third kappa shape index (κ3) is 11.8. The molecule has 25 heavy (non-hydrogen) atoms. The van der Waals surface area contributed by atoms with Gasteiger partial charge in [0.2, 0.25) is 5.91 Å². The fraction of sp³-hybridized carbons (Fsp3) is 0.875. The Balaban J connectivity index is 4.35. The number of aliphatic hydroxyl groups is 2. The van der Waals surface area contributed by atoms with Crippen LogP contribution in [0.15, 0.2) is 0 Å². The number of amides is 1. The summed E-state index contributed by atoms with van der Waals surface area (Å²) in [5, 5.41) is 27.0. The number of ether oxygens (including phenoxy) is 2. The number of carboxylic acid groups (broad SMARTS) is 1. The van der Waals surface area contributed by atoms with Gasteiger partial charge in [0, 0.05) is 25.9 Å². The van der Waals surface area contributed by atoms with Crippen LogP contribution in [0.25, 0.3) is 0 Å². The van der Waals surface area contributed by atoms with E-state index in [9.17, 15) is 14.7 Å². The van der Waals surface area contributed by atoms with E-state index >= 15 is 0 Å². The Morgan fingerprint density at radius 1 is 1.12 bits per heavy atom. The number of hydrogen-bond acceptors (Lipinski definition) is 7. The fourth-order valence-corrected chi connectivity index (χ4v) is 2.10. The summed E-state index contributed by atoms with van der Waals surface area (Å²) in [6.07, 6.45) is 0.324. The van der Waals surface area contributed by atoms with Crippen molar-refractivity contribution in [2.24, 2.45) is 5.73 Å². The minimum Gasteiger partial charge on any atom is -0.481 e. The highest BCUT2D eigenvalue weighted by atomic mass is 16.7. The lowest BCUT2D eigenvalue weighted by atomic mass is 10.2. The molecule has 0 aliphatic heterocycles. The molecule has 0 aromatic rings. The summed E-state index contributed by atoms with van der Waals surface area (Å²) in [7, 11) is 0. The Morgan fingerprint density at radius 3 is 2.36 bits per heavy atom. The van der Waals surface area contributed by atoms with Crippen molar-refractivity contribution in [3.63, 3.8) is 0 Å². The smallest absolute Gasteiger partial charge is 0.303 e. The van der Waals surface area contributed by atoms with Gasteiger partial charge in [-0.15, -0.1) is 0 Å². The molecule has 0 fully saturated rings. The number of carbonyl (C=O) groups excluding carboxylic acids is 1. The molecule has 9 heteroatoms. The second-order valence-electron chi connectivity index (χ2n) is 5.60. The second kappa shape index (κ2) is 15.0. The molecule has 0 spiro atoms. The normalized spacial score (nSPS) is 13.4. The van der Waals surface area contributed by atoms with Crippen molar-refractivity contribution < 1.29 is 34.4 Å². The zero-order chi connectivity index (χ0) is 19.1. The third-order valence-electron chi connectivity index (χ3n) is 3.58. The van der Waals surface area contributed by atoms with Gasteiger partial charge in [-0.1, -0.05) is 6.92 Å². The molecule has 0 aliphatic rings. The number of nitrogens with zero attached hydrogens (tertiary/aromatic N) is 1. The minimum absolute atomic E-state index is 0.0486. The Labute approximate surface area is 148 Å². The van der Waals surface area contributed by atoms with Crippen molar-refractivity contribution in [3.05, 3.63) is 0 Å². The van der Waals surface area contributed by atoms with Crippen molar-refractivity contribution in [2.45, 2.75) is 51.4 Å². The van der Waals surface area contributed by atoms with Gasteiger partial charge in [-0.2, -0.15) is 0 Å². The zero-order valence-electron chi connectivity index (χ0n) is 14.9. The SMILES string of the molecule is CCC(CO)OC(CO)OCCN(CCCN)C(=O)CCCC(=O)O. The van der Waals surface area contributed by atoms with E-state index in [0.717, 1.165) is 0 Å². The average molecular weight is 364 g/mol. The van der Waals surface area contributed by atoms with Gasteiger partial charge in [0.25, 0.3) is 0 Å². The van der Waals surface area contributed by atoms with Crippen molar-refractivity contribution in [2.75, 3.05) is 39.5 Å². The molecule has 9 nitrogen and oxygen atoms in total. The molecule has 148 valence electrons. The van der Waals surface area contributed by atoms with E-state index in [2.05, 4.69) is 0 Å². The van der Waals surface area contributed by atoms with Gasteiger partial charge in [-0.3, -0.25) is 9.59 Å². The molecule has 0 saturated heterocycles. The first-order chi connectivity index (χ1) is 12.0. The first-order valence-electron chi connectivity index (χ1n) is 8.66. The summed E-state index contributed by atoms with van der Waals surface area (Å²) in [6.45, 7) is 2.68. The molecule has 0 bridgehead atoms. The largest absolute Gasteiger partial charge is 0.481 e. The number of rotatable bonds is 16. The molecule has 1 amide bonds. The topological polar surface area (TPSA) is 143 Å². The number of aliphatic carboxylic acids is 1. The van der Waals surface area contributed by atoms with Gasteiger partial charge in [0.1, 0.15) is 0 Å². The maximum atomic E-state index is 12.2. The molecule has 5 N–H and O–H groups in total. The molecular formula is C16H32N2O7. The maximum absolute atomic E-state index is 12.2. The average Bonchev–Trinajstić information content (AvgIpc) is 2.60. The predicted molar refractivity (Wildman–Crippen MR) is 90.8 cm³/mol. The quantitative estimate of drug-likeness (QED) is 0.270. The Kier molecular flexibility index (Phi) is 14.3. The molecule has 0 saturated carbocycles. The lowest BCUT2D eigenvalue weighted by molar-refractivity contribution is -0.196. The molecule has 0 radical (unpaired) electrons. The van der Waals surface area contributed by atoms with E-state index in [1.807, 2.05) is 6.92 Å². The lowest BCUT2D eigenvalue weighted by Gasteiger charge is -2.25. The monoisotopic (exact) mass is 364 g/mol. The molecule has 0 aliphatic carbocycles. The zero-order valence-corrected chi connectivity index (χ0v) is 14.9. The summed E-state index contributed by atoms with van der Waals surface area (Å²) < 4.78 is 10.8. The van der Waals surface area contributed by atoms with Gasteiger partial charge in [0.05, 0.1) is 25.9 Å². The van der Waals surface area contributed by atoms with Crippen LogP contribution in [0.2, 0.25) is 0 Å². The van der Waals surface area contributed by atoms with Gasteiger partial charge in [-0.05, 0) is 25.8 Å². The Morgan fingerprint density at radius 2 is 1.84 bits per heavy atom. The summed E-state index contributed by atoms with van der Waals surface area (Å²) >= 11 is 0. The third-order valence-corrected chi connectivity index (χ3v) is 3.58. The van der Waals surface area contributed by atoms with Crippen LogP contribution in [0, 0.1) is 0 Å². The van der Waals surface area contributed by atoms with Crippen LogP contribution in [-0.4, -0.2) is 83.9 Å². The Hall–Kier alpha value is -1.26. The van der Waals surface area contributed by atoms with E-state index in [1.54, 1.807) is 4.90 Å². The van der Waals surface area contributed by atoms with Gasteiger partial charge in [0.15, 0.2) is 6.29 Å². The molecule has 2 unspecified atom stereocenters. The van der Waals surface area contributed by atoms with E-state index in [-0.39, 0.29) is 45.0 Å². The summed E-state index contributed by atoms with van der Waals surface area (Å²) in [4.78, 5) is 24.3. The number of carbonyl (C=O) groups is 2. The van der Waals surface area contributed by atoms with Crippen LogP contribution in [0.1, 0.15) is 39.0 Å². The lowest BCUT2D eigenvalue weighted by Crippen LogP contribution is -2.37. The summed E-state index contributed by atoms with van der Waals surface area (Å²) in [5.41, 5.74) is 5.48. The summed E-state index contributed by atoms with van der Waals surface area (Å²) in [6, 6.07) is 0. The van der Waals surface area contributed by atoms with Crippen LogP contribution in [-0.2, 0) is 19.1 Å². The van der Waals surface area contributed by atoms with Gasteiger partial charge in [-0.25, -0.2) is 0 Å². The highest BCUT2D eigenvalue weighted by Gasteiger charge is 2.17. The van der Waals surface area contributed by atoms with Crippen LogP contribution < -0.4 is 5.73 Å². The molecule has 0 rings (SSSR count). The van der Waals surface area contributed by atoms with Crippen LogP contribution in [0.4, 0.5) is 0 Å². The van der Waals surface area contributed by atoms with Crippen molar-refractivity contribution in [1.29, 1.82) is 0 Å². The predicted octanol–water partition coefficient (Wildman–Crippen LogP) is -0.459. The Bertz CT molecular complexity index is 364. The summed E-state index contributed by atoms with van der Waals surface area (Å²) in [5.74, 6) is -1.08. The molecule has 0 aromatic heterocycles. The standard InChI is InChI=1S/C16H32N2O7/c1-2-13(11-19)25-16(12-20)24-10-9-18(8-4-7-17)14(21)5-3-6-15(22)23/h13,16,19-20H,2-12,17H2,1H3,(H,22,23). The second-order valence-corrected chi connectivity index (χ2v) is 5.60. The van der Waals surface area contributed by atoms with Crippen LogP contribution in [0.3, 0.4) is 0 Å². The number of carboxylic acids is 1. The molecule has 0 heterocycles. The van der Waals surface area contributed by atoms with Crippen molar-refractivity contribution >= 4 is 11.9 Å². The van der Waals surface area contributed by atoms with Gasteiger partial charge >= 0.3 is 5.97 Å². The maximum Gasteiger partial charge on any atom is 0.303 e. The van der Waals surface area contributed by atoms with Crippen LogP contribution in [0.5, 0.6) is 0 Å². The molecule has 0 aromatic carbocycles. The van der Waals surface area contributed by atoms with E-state index < -0.39 is 18.4 Å². The van der Waals surface area contributed by atoms with E-state index in [0.29, 0.717) is 32.5 Å². The number of aliphatic hydroxyl groups excluding tert-OH is 2. The minimum atomic E-state index is -0.929. The fourth-order valence-electron chi connectivity index (χ4n) is 2.10. The number of nitrogens with two attached hydrogens (primary N) is 1. The van der Waals surface area contributed by atoms with E-state index in [1.165, 1.54) is 0 Å². The van der Waals surface area contributed by atoms with Gasteiger partial charge < -0.3 is 35.4 Å². The first-order valence-corrected chi connectivity index (χ1v) is 8.66. The van der Waals surface area contributed by atoms with Crippen LogP contribution >= 0.6 is 0 Å². The van der Waals surface area contributed by atoms with Crippen molar-refractivity contribution in [1.82, 2.24) is 4.90 Å². The first kappa shape index (κ1) is 23.7.